The van der Waals surface area contributed by atoms with Crippen molar-refractivity contribution in [1.82, 2.24) is 9.29 Å². The number of rotatable bonds is 9. The highest BCUT2D eigenvalue weighted by molar-refractivity contribution is 7.89. The van der Waals surface area contributed by atoms with Crippen LogP contribution in [0.1, 0.15) is 16.8 Å². The number of hydrogen-bond acceptors (Lipinski definition) is 6. The van der Waals surface area contributed by atoms with Crippen LogP contribution in [0.3, 0.4) is 0 Å². The molecule has 0 saturated heterocycles. The smallest absolute Gasteiger partial charge is 0.243 e. The zero-order chi connectivity index (χ0) is 24.0. The summed E-state index contributed by atoms with van der Waals surface area (Å²) < 4.78 is 33.0. The van der Waals surface area contributed by atoms with Crippen molar-refractivity contribution >= 4 is 15.9 Å². The van der Waals surface area contributed by atoms with Crippen LogP contribution in [0.5, 0.6) is 0 Å². The van der Waals surface area contributed by atoms with Crippen molar-refractivity contribution < 1.29 is 12.8 Å². The summed E-state index contributed by atoms with van der Waals surface area (Å²) in [6, 6.07) is 27.7. The van der Waals surface area contributed by atoms with Crippen molar-refractivity contribution in [2.45, 2.75) is 17.9 Å². The summed E-state index contributed by atoms with van der Waals surface area (Å²) in [6.07, 6.45) is 0.769. The molecule has 7 nitrogen and oxygen atoms in total. The first-order chi connectivity index (χ1) is 16.5. The van der Waals surface area contributed by atoms with Gasteiger partial charge in [-0.15, -0.1) is 0 Å². The van der Waals surface area contributed by atoms with Crippen molar-refractivity contribution in [3.8, 4) is 17.5 Å². The highest BCUT2D eigenvalue weighted by atomic mass is 32.2. The molecule has 1 heterocycles. The van der Waals surface area contributed by atoms with Crippen molar-refractivity contribution in [1.29, 1.82) is 5.26 Å². The van der Waals surface area contributed by atoms with Crippen molar-refractivity contribution in [2.24, 2.45) is 0 Å². The second kappa shape index (κ2) is 10.3. The van der Waals surface area contributed by atoms with Gasteiger partial charge < -0.3 is 9.73 Å². The lowest BCUT2D eigenvalue weighted by atomic mass is 10.1. The van der Waals surface area contributed by atoms with Gasteiger partial charge in [0.25, 0.3) is 0 Å². The molecule has 0 fully saturated rings. The molecular weight excluding hydrogens is 448 g/mol. The molecule has 0 amide bonds. The number of sulfonamides is 1. The number of nitriles is 1. The quantitative estimate of drug-likeness (QED) is 0.379. The van der Waals surface area contributed by atoms with Crippen LogP contribution >= 0.6 is 0 Å². The van der Waals surface area contributed by atoms with E-state index in [0.29, 0.717) is 18.0 Å². The van der Waals surface area contributed by atoms with Gasteiger partial charge in [0, 0.05) is 25.7 Å². The minimum Gasteiger partial charge on any atom is -0.419 e. The summed E-state index contributed by atoms with van der Waals surface area (Å²) >= 11 is 0. The summed E-state index contributed by atoms with van der Waals surface area (Å²) in [5.41, 5.74) is 2.81. The van der Waals surface area contributed by atoms with Crippen molar-refractivity contribution in [2.75, 3.05) is 18.9 Å². The van der Waals surface area contributed by atoms with Crippen LogP contribution < -0.4 is 5.32 Å². The minimum absolute atomic E-state index is 0.155. The molecule has 0 aliphatic heterocycles. The third-order valence-corrected chi connectivity index (χ3v) is 7.15. The second-order valence-corrected chi connectivity index (χ2v) is 9.79. The Morgan fingerprint density at radius 1 is 0.941 bits per heavy atom. The molecule has 4 aromatic rings. The molecule has 0 saturated carbocycles. The predicted molar refractivity (Wildman–Crippen MR) is 130 cm³/mol. The van der Waals surface area contributed by atoms with Crippen LogP contribution in [0.2, 0.25) is 0 Å². The van der Waals surface area contributed by atoms with Gasteiger partial charge in [-0.3, -0.25) is 0 Å². The van der Waals surface area contributed by atoms with Gasteiger partial charge in [-0.05, 0) is 41.8 Å². The number of benzene rings is 3. The summed E-state index contributed by atoms with van der Waals surface area (Å²) in [7, 11) is -2.11. The van der Waals surface area contributed by atoms with Gasteiger partial charge in [-0.2, -0.15) is 14.6 Å². The van der Waals surface area contributed by atoms with E-state index in [2.05, 4.69) is 10.3 Å². The molecule has 1 aromatic heterocycles. The van der Waals surface area contributed by atoms with Gasteiger partial charge in [-0.25, -0.2) is 8.42 Å². The Bertz CT molecular complexity index is 1380. The number of oxazole rings is 1. The predicted octanol–water partition coefficient (Wildman–Crippen LogP) is 4.69. The van der Waals surface area contributed by atoms with E-state index >= 15 is 0 Å². The van der Waals surface area contributed by atoms with Crippen molar-refractivity contribution in [3.63, 3.8) is 0 Å². The number of aromatic nitrogens is 1. The molecular formula is C26H24N4O3S. The van der Waals surface area contributed by atoms with Gasteiger partial charge in [0.05, 0.1) is 4.90 Å². The first-order valence-corrected chi connectivity index (χ1v) is 12.2. The lowest BCUT2D eigenvalue weighted by Gasteiger charge is -2.17. The van der Waals surface area contributed by atoms with E-state index in [1.54, 1.807) is 19.2 Å². The molecule has 0 radical (unpaired) electrons. The molecule has 0 aliphatic rings. The Morgan fingerprint density at radius 3 is 2.18 bits per heavy atom. The fraction of sp³-hybridized carbons (Fsp3) is 0.154. The van der Waals surface area contributed by atoms with E-state index in [1.807, 2.05) is 66.7 Å². The van der Waals surface area contributed by atoms with Crippen LogP contribution in [-0.2, 0) is 23.0 Å². The second-order valence-electron chi connectivity index (χ2n) is 7.74. The molecule has 8 heteroatoms. The summed E-state index contributed by atoms with van der Waals surface area (Å²) in [5.74, 6) is 0.549. The van der Waals surface area contributed by atoms with Gasteiger partial charge in [0.2, 0.25) is 27.5 Å². The molecule has 0 atom stereocenters. The summed E-state index contributed by atoms with van der Waals surface area (Å²) in [5, 5.41) is 12.6. The minimum atomic E-state index is -3.66. The van der Waals surface area contributed by atoms with Crippen LogP contribution in [0.25, 0.3) is 11.5 Å². The van der Waals surface area contributed by atoms with E-state index in [9.17, 15) is 13.7 Å². The Balaban J connectivity index is 1.46. The lowest BCUT2D eigenvalue weighted by molar-refractivity contribution is 0.466. The summed E-state index contributed by atoms with van der Waals surface area (Å²) in [4.78, 5) is 4.43. The average Bonchev–Trinajstić information content (AvgIpc) is 3.28. The standard InChI is InChI=1S/C26H24N4O3S/c1-30(19-21-10-6-3-7-11-21)34(31,32)23-14-12-22(13-15-23)25-29-24(18-27)26(33-25)28-17-16-20-8-4-2-5-9-20/h2-15,28H,16-17,19H2,1H3. The zero-order valence-corrected chi connectivity index (χ0v) is 19.5. The molecule has 1 N–H and O–H groups in total. The van der Waals surface area contributed by atoms with Gasteiger partial charge in [-0.1, -0.05) is 60.7 Å². The van der Waals surface area contributed by atoms with E-state index in [0.717, 1.165) is 12.0 Å². The molecule has 0 bridgehead atoms. The topological polar surface area (TPSA) is 99.2 Å². The van der Waals surface area contributed by atoms with Gasteiger partial charge in [0.1, 0.15) is 6.07 Å². The Labute approximate surface area is 199 Å². The number of nitrogens with one attached hydrogen (secondary N) is 1. The zero-order valence-electron chi connectivity index (χ0n) is 18.7. The number of anilines is 1. The van der Waals surface area contributed by atoms with E-state index < -0.39 is 10.0 Å². The Morgan fingerprint density at radius 2 is 1.56 bits per heavy atom. The molecule has 3 aromatic carbocycles. The highest BCUT2D eigenvalue weighted by Crippen LogP contribution is 2.27. The molecule has 0 unspecified atom stereocenters. The number of nitrogens with zero attached hydrogens (tertiary/aromatic N) is 3. The normalized spacial score (nSPS) is 11.3. The maximum Gasteiger partial charge on any atom is 0.243 e. The van der Waals surface area contributed by atoms with Crippen LogP contribution in [0, 0.1) is 11.3 Å². The Hall–Kier alpha value is -3.93. The maximum atomic E-state index is 13.0. The van der Waals surface area contributed by atoms with Gasteiger partial charge in [0.15, 0.2) is 0 Å². The third-order valence-electron chi connectivity index (χ3n) is 5.33. The molecule has 0 spiro atoms. The van der Waals surface area contributed by atoms with Gasteiger partial charge >= 0.3 is 0 Å². The van der Waals surface area contributed by atoms with Crippen LogP contribution in [0.4, 0.5) is 5.88 Å². The lowest BCUT2D eigenvalue weighted by Crippen LogP contribution is -2.26. The summed E-state index contributed by atoms with van der Waals surface area (Å²) in [6.45, 7) is 0.854. The molecule has 0 aliphatic carbocycles. The average molecular weight is 473 g/mol. The molecule has 172 valence electrons. The van der Waals surface area contributed by atoms with E-state index in [1.165, 1.54) is 22.0 Å². The van der Waals surface area contributed by atoms with E-state index in [-0.39, 0.29) is 23.0 Å². The highest BCUT2D eigenvalue weighted by Gasteiger charge is 2.22. The Kier molecular flexibility index (Phi) is 7.07. The first kappa shape index (κ1) is 23.2. The molecule has 34 heavy (non-hydrogen) atoms. The third kappa shape index (κ3) is 5.34. The fourth-order valence-corrected chi connectivity index (χ4v) is 4.64. The monoisotopic (exact) mass is 472 g/mol. The van der Waals surface area contributed by atoms with Crippen molar-refractivity contribution in [3.05, 3.63) is 102 Å². The molecule has 4 rings (SSSR count). The largest absolute Gasteiger partial charge is 0.419 e. The van der Waals surface area contributed by atoms with Crippen LogP contribution in [0.15, 0.2) is 94.2 Å². The van der Waals surface area contributed by atoms with E-state index in [4.69, 9.17) is 4.42 Å². The SMILES string of the molecule is CN(Cc1ccccc1)S(=O)(=O)c1ccc(-c2nc(C#N)c(NCCc3ccccc3)o2)cc1. The maximum absolute atomic E-state index is 13.0. The van der Waals surface area contributed by atoms with Crippen LogP contribution in [-0.4, -0.2) is 31.3 Å². The number of hydrogen-bond donors (Lipinski definition) is 1. The first-order valence-electron chi connectivity index (χ1n) is 10.8. The fourth-order valence-electron chi connectivity index (χ4n) is 3.48.